The Morgan fingerprint density at radius 1 is 1.53 bits per heavy atom. The smallest absolute Gasteiger partial charge is 0.276 e. The van der Waals surface area contributed by atoms with E-state index in [1.54, 1.807) is 12.1 Å². The molecule has 1 rings (SSSR count). The van der Waals surface area contributed by atoms with Crippen LogP contribution in [0.5, 0.6) is 5.75 Å². The second-order valence-electron chi connectivity index (χ2n) is 3.61. The van der Waals surface area contributed by atoms with Crippen LogP contribution in [0.1, 0.15) is 13.3 Å². The van der Waals surface area contributed by atoms with Crippen molar-refractivity contribution in [1.82, 2.24) is 4.98 Å². The molecular weight excluding hydrogens is 228 g/mol. The summed E-state index contributed by atoms with van der Waals surface area (Å²) in [6.07, 6.45) is 2.36. The molecule has 1 heterocycles. The minimum atomic E-state index is -2.94. The molecule has 0 aromatic carbocycles. The molecular formula is C11H17F2N3O. The van der Waals surface area contributed by atoms with Crippen LogP contribution in [0.2, 0.25) is 0 Å². The lowest BCUT2D eigenvalue weighted by molar-refractivity contribution is 0.0252. The van der Waals surface area contributed by atoms with E-state index in [2.05, 4.69) is 10.3 Å². The van der Waals surface area contributed by atoms with Crippen molar-refractivity contribution in [1.29, 1.82) is 0 Å². The number of nitrogens with zero attached hydrogens (tertiary/aromatic N) is 1. The summed E-state index contributed by atoms with van der Waals surface area (Å²) in [4.78, 5) is 3.96. The molecule has 1 aromatic rings. The van der Waals surface area contributed by atoms with Crippen LogP contribution in [0.3, 0.4) is 0 Å². The van der Waals surface area contributed by atoms with Crippen molar-refractivity contribution < 1.29 is 13.5 Å². The average molecular weight is 245 g/mol. The predicted molar refractivity (Wildman–Crippen MR) is 62.5 cm³/mol. The second-order valence-corrected chi connectivity index (χ2v) is 3.61. The van der Waals surface area contributed by atoms with E-state index in [-0.39, 0.29) is 0 Å². The number of ether oxygens (including phenoxy) is 1. The quantitative estimate of drug-likeness (QED) is 0.770. The monoisotopic (exact) mass is 245 g/mol. The Balaban J connectivity index is 2.63. The van der Waals surface area contributed by atoms with E-state index in [0.717, 1.165) is 6.42 Å². The number of hydrogen-bond donors (Lipinski definition) is 2. The predicted octanol–water partition coefficient (Wildman–Crippen LogP) is 1.88. The Bertz CT molecular complexity index is 347. The molecule has 96 valence electrons. The summed E-state index contributed by atoms with van der Waals surface area (Å²) in [6, 6.07) is 3.38. The van der Waals surface area contributed by atoms with Gasteiger partial charge in [-0.2, -0.15) is 0 Å². The van der Waals surface area contributed by atoms with Crippen LogP contribution in [0, 0.1) is 0 Å². The van der Waals surface area contributed by atoms with Crippen molar-refractivity contribution in [2.75, 3.05) is 25.0 Å². The van der Waals surface area contributed by atoms with Crippen LogP contribution in [0.25, 0.3) is 0 Å². The Kier molecular flexibility index (Phi) is 5.09. The normalized spacial score (nSPS) is 11.3. The first-order valence-corrected chi connectivity index (χ1v) is 5.48. The van der Waals surface area contributed by atoms with E-state index in [9.17, 15) is 8.78 Å². The summed E-state index contributed by atoms with van der Waals surface area (Å²) in [7, 11) is 0. The summed E-state index contributed by atoms with van der Waals surface area (Å²) in [5.74, 6) is -2.16. The molecule has 0 atom stereocenters. The van der Waals surface area contributed by atoms with Gasteiger partial charge in [0.2, 0.25) is 0 Å². The third kappa shape index (κ3) is 4.52. The molecule has 0 amide bonds. The minimum absolute atomic E-state index is 0.314. The number of hydrogen-bond acceptors (Lipinski definition) is 4. The molecule has 1 aromatic heterocycles. The Hall–Kier alpha value is -1.43. The fraction of sp³-hybridized carbons (Fsp3) is 0.545. The highest BCUT2D eigenvalue weighted by Gasteiger charge is 2.26. The number of halogens is 2. The van der Waals surface area contributed by atoms with E-state index in [4.69, 9.17) is 10.5 Å². The zero-order chi connectivity index (χ0) is 12.7. The van der Waals surface area contributed by atoms with Gasteiger partial charge in [0.05, 0.1) is 19.7 Å². The molecule has 0 unspecified atom stereocenters. The van der Waals surface area contributed by atoms with Crippen molar-refractivity contribution in [2.24, 2.45) is 5.73 Å². The summed E-state index contributed by atoms with van der Waals surface area (Å²) in [5, 5.41) is 2.55. The van der Waals surface area contributed by atoms with E-state index < -0.39 is 19.0 Å². The van der Waals surface area contributed by atoms with Crippen molar-refractivity contribution in [3.05, 3.63) is 18.3 Å². The molecule has 3 N–H and O–H groups in total. The van der Waals surface area contributed by atoms with Crippen LogP contribution in [-0.4, -0.2) is 30.6 Å². The van der Waals surface area contributed by atoms with E-state index >= 15 is 0 Å². The number of alkyl halides is 2. The van der Waals surface area contributed by atoms with E-state index in [1.807, 2.05) is 6.92 Å². The fourth-order valence-corrected chi connectivity index (χ4v) is 1.14. The first-order valence-electron chi connectivity index (χ1n) is 5.48. The summed E-state index contributed by atoms with van der Waals surface area (Å²) < 4.78 is 31.3. The molecule has 17 heavy (non-hydrogen) atoms. The average Bonchev–Trinajstić information content (AvgIpc) is 2.35. The molecule has 4 nitrogen and oxygen atoms in total. The van der Waals surface area contributed by atoms with E-state index in [0.29, 0.717) is 18.2 Å². The van der Waals surface area contributed by atoms with Gasteiger partial charge >= 0.3 is 0 Å². The van der Waals surface area contributed by atoms with Crippen molar-refractivity contribution >= 4 is 5.82 Å². The lowest BCUT2D eigenvalue weighted by Crippen LogP contribution is -2.35. The van der Waals surface area contributed by atoms with Gasteiger partial charge in [0, 0.05) is 6.20 Å². The zero-order valence-electron chi connectivity index (χ0n) is 9.75. The number of nitrogens with one attached hydrogen (secondary N) is 1. The highest BCUT2D eigenvalue weighted by atomic mass is 19.3. The highest BCUT2D eigenvalue weighted by Crippen LogP contribution is 2.22. The van der Waals surface area contributed by atoms with Gasteiger partial charge in [-0.15, -0.1) is 0 Å². The van der Waals surface area contributed by atoms with Gasteiger partial charge in [-0.1, -0.05) is 6.92 Å². The zero-order valence-corrected chi connectivity index (χ0v) is 9.75. The highest BCUT2D eigenvalue weighted by molar-refractivity contribution is 5.49. The van der Waals surface area contributed by atoms with Gasteiger partial charge in [0.25, 0.3) is 5.92 Å². The summed E-state index contributed by atoms with van der Waals surface area (Å²) in [5.41, 5.74) is 4.95. The third-order valence-corrected chi connectivity index (χ3v) is 2.05. The van der Waals surface area contributed by atoms with Crippen molar-refractivity contribution in [3.8, 4) is 5.75 Å². The maximum atomic E-state index is 13.0. The van der Waals surface area contributed by atoms with Crippen LogP contribution in [0.4, 0.5) is 14.6 Å². The first kappa shape index (κ1) is 13.6. The molecule has 0 aliphatic carbocycles. The number of pyridine rings is 1. The number of aromatic nitrogens is 1. The SMILES string of the molecule is CCCOc1cccnc1NCC(F)(F)CN. The van der Waals surface area contributed by atoms with Gasteiger partial charge in [-0.3, -0.25) is 0 Å². The summed E-state index contributed by atoms with van der Waals surface area (Å²) >= 11 is 0. The first-order chi connectivity index (χ1) is 8.09. The van der Waals surface area contributed by atoms with Gasteiger partial charge in [0.1, 0.15) is 0 Å². The minimum Gasteiger partial charge on any atom is -0.490 e. The molecule has 6 heteroatoms. The van der Waals surface area contributed by atoms with Crippen LogP contribution >= 0.6 is 0 Å². The molecule has 0 aliphatic heterocycles. The number of nitrogens with two attached hydrogens (primary N) is 1. The second kappa shape index (κ2) is 6.34. The largest absolute Gasteiger partial charge is 0.490 e. The molecule has 0 fully saturated rings. The van der Waals surface area contributed by atoms with Gasteiger partial charge in [-0.25, -0.2) is 13.8 Å². The number of rotatable bonds is 7. The van der Waals surface area contributed by atoms with E-state index in [1.165, 1.54) is 6.20 Å². The van der Waals surface area contributed by atoms with Crippen LogP contribution in [0.15, 0.2) is 18.3 Å². The maximum Gasteiger partial charge on any atom is 0.276 e. The van der Waals surface area contributed by atoms with Gasteiger partial charge in [-0.05, 0) is 18.6 Å². The molecule has 0 spiro atoms. The van der Waals surface area contributed by atoms with Gasteiger partial charge < -0.3 is 15.8 Å². The topological polar surface area (TPSA) is 60.2 Å². The maximum absolute atomic E-state index is 13.0. The number of anilines is 1. The van der Waals surface area contributed by atoms with Crippen LogP contribution < -0.4 is 15.8 Å². The molecule has 0 radical (unpaired) electrons. The lowest BCUT2D eigenvalue weighted by Gasteiger charge is -2.16. The Labute approximate surface area is 99.2 Å². The molecule has 0 saturated heterocycles. The van der Waals surface area contributed by atoms with Gasteiger partial charge in [0.15, 0.2) is 11.6 Å². The molecule has 0 aliphatic rings. The summed E-state index contributed by atoms with van der Waals surface area (Å²) in [6.45, 7) is 1.24. The molecule has 0 saturated carbocycles. The van der Waals surface area contributed by atoms with Crippen molar-refractivity contribution in [3.63, 3.8) is 0 Å². The standard InChI is InChI=1S/C11H17F2N3O/c1-2-6-17-9-4-3-5-15-10(9)16-8-11(12,13)7-14/h3-5H,2,6-8,14H2,1H3,(H,15,16). The van der Waals surface area contributed by atoms with Crippen LogP contribution in [-0.2, 0) is 0 Å². The Morgan fingerprint density at radius 2 is 2.29 bits per heavy atom. The fourth-order valence-electron chi connectivity index (χ4n) is 1.14. The van der Waals surface area contributed by atoms with Crippen molar-refractivity contribution in [2.45, 2.75) is 19.3 Å². The Morgan fingerprint density at radius 3 is 2.94 bits per heavy atom. The lowest BCUT2D eigenvalue weighted by atomic mass is 10.3. The third-order valence-electron chi connectivity index (χ3n) is 2.05. The molecule has 0 bridgehead atoms.